The average Bonchev–Trinajstić information content (AvgIpc) is 2.24. The molecule has 0 aliphatic heterocycles. The van der Waals surface area contributed by atoms with E-state index >= 15 is 0 Å². The zero-order chi connectivity index (χ0) is 12.0. The van der Waals surface area contributed by atoms with Gasteiger partial charge in [-0.2, -0.15) is 0 Å². The number of aromatic nitrogens is 1. The first-order valence-electron chi connectivity index (χ1n) is 4.81. The molecule has 82 valence electrons. The molecule has 1 N–H and O–H groups in total. The lowest BCUT2D eigenvalue weighted by molar-refractivity contribution is -0.118. The van der Waals surface area contributed by atoms with Crippen LogP contribution in [0.5, 0.6) is 0 Å². The van der Waals surface area contributed by atoms with Gasteiger partial charge in [-0.3, -0.25) is 9.59 Å². The summed E-state index contributed by atoms with van der Waals surface area (Å²) in [5.74, 6) is 5.29. The van der Waals surface area contributed by atoms with Gasteiger partial charge in [-0.15, -0.1) is 0 Å². The molecule has 0 aromatic carbocycles. The van der Waals surface area contributed by atoms with Crippen LogP contribution in [0.4, 0.5) is 0 Å². The summed E-state index contributed by atoms with van der Waals surface area (Å²) >= 11 is 0. The third-order valence-electron chi connectivity index (χ3n) is 1.75. The average molecular weight is 216 g/mol. The Labute approximate surface area is 94.1 Å². The fraction of sp³-hybridized carbons (Fsp3) is 0.250. The van der Waals surface area contributed by atoms with E-state index < -0.39 is 0 Å². The minimum atomic E-state index is -0.125. The fourth-order valence-corrected chi connectivity index (χ4v) is 1.00. The van der Waals surface area contributed by atoms with Gasteiger partial charge in [0.2, 0.25) is 5.91 Å². The molecule has 0 saturated carbocycles. The lowest BCUT2D eigenvalue weighted by atomic mass is 10.2. The van der Waals surface area contributed by atoms with Crippen LogP contribution in [0.25, 0.3) is 0 Å². The highest BCUT2D eigenvalue weighted by molar-refractivity contribution is 5.92. The molecule has 1 rings (SSSR count). The van der Waals surface area contributed by atoms with Crippen molar-refractivity contribution in [3.8, 4) is 11.8 Å². The van der Waals surface area contributed by atoms with E-state index in [0.717, 1.165) is 0 Å². The number of nitrogens with one attached hydrogen (secondary N) is 1. The van der Waals surface area contributed by atoms with Crippen LogP contribution in [-0.2, 0) is 4.79 Å². The van der Waals surface area contributed by atoms with Crippen molar-refractivity contribution >= 4 is 11.7 Å². The third kappa shape index (κ3) is 3.93. The molecule has 0 fully saturated rings. The van der Waals surface area contributed by atoms with Crippen molar-refractivity contribution in [2.45, 2.75) is 13.8 Å². The molecule has 0 aliphatic rings. The molecule has 0 unspecified atom stereocenters. The Balaban J connectivity index is 2.70. The smallest absolute Gasteiger partial charge is 0.217 e. The number of amides is 1. The van der Waals surface area contributed by atoms with Crippen LogP contribution >= 0.6 is 0 Å². The van der Waals surface area contributed by atoms with Crippen molar-refractivity contribution in [1.82, 2.24) is 10.3 Å². The molecule has 0 atom stereocenters. The molecule has 0 saturated heterocycles. The number of pyridine rings is 1. The summed E-state index contributed by atoms with van der Waals surface area (Å²) in [4.78, 5) is 25.7. The van der Waals surface area contributed by atoms with E-state index in [0.29, 0.717) is 11.4 Å². The van der Waals surface area contributed by atoms with Crippen LogP contribution < -0.4 is 5.32 Å². The molecule has 0 bridgehead atoms. The quantitative estimate of drug-likeness (QED) is 0.587. The third-order valence-corrected chi connectivity index (χ3v) is 1.75. The zero-order valence-corrected chi connectivity index (χ0v) is 9.20. The van der Waals surface area contributed by atoms with Gasteiger partial charge in [0.25, 0.3) is 0 Å². The SMILES string of the molecule is CC(=O)NCC#Cc1cccc(C(C)=O)n1. The van der Waals surface area contributed by atoms with E-state index in [1.54, 1.807) is 18.2 Å². The fourth-order valence-electron chi connectivity index (χ4n) is 1.00. The predicted molar refractivity (Wildman–Crippen MR) is 59.8 cm³/mol. The number of ketones is 1. The second-order valence-corrected chi connectivity index (χ2v) is 3.18. The van der Waals surface area contributed by atoms with Gasteiger partial charge in [0, 0.05) is 13.8 Å². The highest BCUT2D eigenvalue weighted by Crippen LogP contribution is 1.98. The first-order valence-corrected chi connectivity index (χ1v) is 4.81. The molecule has 1 aromatic rings. The van der Waals surface area contributed by atoms with Gasteiger partial charge in [0.1, 0.15) is 11.4 Å². The maximum absolute atomic E-state index is 11.0. The van der Waals surface area contributed by atoms with Gasteiger partial charge in [0.15, 0.2) is 5.78 Å². The topological polar surface area (TPSA) is 59.1 Å². The monoisotopic (exact) mass is 216 g/mol. The van der Waals surface area contributed by atoms with Crippen molar-refractivity contribution in [2.75, 3.05) is 6.54 Å². The Kier molecular flexibility index (Phi) is 4.22. The second-order valence-electron chi connectivity index (χ2n) is 3.18. The molecule has 4 nitrogen and oxygen atoms in total. The van der Waals surface area contributed by atoms with E-state index in [1.807, 2.05) is 0 Å². The number of carbonyl (C=O) groups is 2. The number of Topliss-reactive ketones (excluding diaryl/α,β-unsaturated/α-hetero) is 1. The normalized spacial score (nSPS) is 8.88. The first-order chi connectivity index (χ1) is 7.59. The van der Waals surface area contributed by atoms with Gasteiger partial charge in [-0.05, 0) is 18.1 Å². The second kappa shape index (κ2) is 5.66. The van der Waals surface area contributed by atoms with E-state index in [1.165, 1.54) is 13.8 Å². The summed E-state index contributed by atoms with van der Waals surface area (Å²) in [5, 5.41) is 2.55. The maximum atomic E-state index is 11.0. The van der Waals surface area contributed by atoms with Gasteiger partial charge in [-0.1, -0.05) is 12.0 Å². The number of carbonyl (C=O) groups excluding carboxylic acids is 2. The van der Waals surface area contributed by atoms with Gasteiger partial charge >= 0.3 is 0 Å². The Morgan fingerprint density at radius 3 is 2.75 bits per heavy atom. The Bertz CT molecular complexity index is 469. The Morgan fingerprint density at radius 1 is 1.38 bits per heavy atom. The van der Waals surface area contributed by atoms with Crippen molar-refractivity contribution in [3.63, 3.8) is 0 Å². The molecule has 1 amide bonds. The van der Waals surface area contributed by atoms with Crippen LogP contribution in [-0.4, -0.2) is 23.2 Å². The number of nitrogens with zero attached hydrogens (tertiary/aromatic N) is 1. The Morgan fingerprint density at radius 2 is 2.12 bits per heavy atom. The van der Waals surface area contributed by atoms with Crippen molar-refractivity contribution in [3.05, 3.63) is 29.6 Å². The predicted octanol–water partition coefficient (Wildman–Crippen LogP) is 0.772. The molecule has 1 heterocycles. The largest absolute Gasteiger partial charge is 0.345 e. The molecule has 16 heavy (non-hydrogen) atoms. The van der Waals surface area contributed by atoms with Crippen LogP contribution in [0.3, 0.4) is 0 Å². The maximum Gasteiger partial charge on any atom is 0.217 e. The molecular weight excluding hydrogens is 204 g/mol. The Hall–Kier alpha value is -2.15. The van der Waals surface area contributed by atoms with Crippen molar-refractivity contribution in [2.24, 2.45) is 0 Å². The molecule has 0 aliphatic carbocycles. The standard InChI is InChI=1S/C12H12N2O2/c1-9(15)12-7-3-5-11(14-12)6-4-8-13-10(2)16/h3,5,7H,8H2,1-2H3,(H,13,16). The first kappa shape index (κ1) is 11.9. The molecule has 1 aromatic heterocycles. The van der Waals surface area contributed by atoms with Crippen LogP contribution in [0.15, 0.2) is 18.2 Å². The lowest BCUT2D eigenvalue weighted by Crippen LogP contribution is -2.19. The number of rotatable bonds is 2. The minimum absolute atomic E-state index is 0.0921. The van der Waals surface area contributed by atoms with Crippen molar-refractivity contribution < 1.29 is 9.59 Å². The van der Waals surface area contributed by atoms with Gasteiger partial charge in [-0.25, -0.2) is 4.98 Å². The van der Waals surface area contributed by atoms with E-state index in [-0.39, 0.29) is 18.2 Å². The van der Waals surface area contributed by atoms with Crippen molar-refractivity contribution in [1.29, 1.82) is 0 Å². The lowest BCUT2D eigenvalue weighted by Gasteiger charge is -1.95. The highest BCUT2D eigenvalue weighted by atomic mass is 16.1. The van der Waals surface area contributed by atoms with E-state index in [4.69, 9.17) is 0 Å². The molecule has 0 radical (unpaired) electrons. The van der Waals surface area contributed by atoms with E-state index in [2.05, 4.69) is 22.1 Å². The van der Waals surface area contributed by atoms with Crippen LogP contribution in [0, 0.1) is 11.8 Å². The summed E-state index contributed by atoms with van der Waals surface area (Å²) < 4.78 is 0. The molecule has 4 heteroatoms. The van der Waals surface area contributed by atoms with Gasteiger partial charge < -0.3 is 5.32 Å². The van der Waals surface area contributed by atoms with Gasteiger partial charge in [0.05, 0.1) is 6.54 Å². The summed E-state index contributed by atoms with van der Waals surface area (Å²) in [7, 11) is 0. The van der Waals surface area contributed by atoms with E-state index in [9.17, 15) is 9.59 Å². The minimum Gasteiger partial charge on any atom is -0.345 e. The van der Waals surface area contributed by atoms with Crippen LogP contribution in [0.1, 0.15) is 30.0 Å². The zero-order valence-electron chi connectivity index (χ0n) is 9.20. The van der Waals surface area contributed by atoms with Crippen LogP contribution in [0.2, 0.25) is 0 Å². The number of hydrogen-bond donors (Lipinski definition) is 1. The highest BCUT2D eigenvalue weighted by Gasteiger charge is 1.99. The number of hydrogen-bond acceptors (Lipinski definition) is 3. The summed E-state index contributed by atoms with van der Waals surface area (Å²) in [6.07, 6.45) is 0. The molecule has 0 spiro atoms. The molecular formula is C12H12N2O2. The summed E-state index contributed by atoms with van der Waals surface area (Å²) in [6, 6.07) is 5.08. The summed E-state index contributed by atoms with van der Waals surface area (Å²) in [6.45, 7) is 3.16. The summed E-state index contributed by atoms with van der Waals surface area (Å²) in [5.41, 5.74) is 0.921.